The number of rotatable bonds is 7. The van der Waals surface area contributed by atoms with Crippen molar-refractivity contribution in [3.63, 3.8) is 0 Å². The van der Waals surface area contributed by atoms with E-state index >= 15 is 0 Å². The van der Waals surface area contributed by atoms with E-state index in [9.17, 15) is 9.59 Å². The van der Waals surface area contributed by atoms with Crippen LogP contribution in [-0.4, -0.2) is 52.2 Å². The largest absolute Gasteiger partial charge is 0.349 e. The fraction of sp³-hybridized carbons (Fsp3) is 0.292. The summed E-state index contributed by atoms with van der Waals surface area (Å²) in [6, 6.07) is 19.6. The van der Waals surface area contributed by atoms with Crippen LogP contribution >= 0.6 is 0 Å². The molecule has 1 aliphatic heterocycles. The third-order valence-corrected chi connectivity index (χ3v) is 5.43. The Kier molecular flexibility index (Phi) is 6.74. The van der Waals surface area contributed by atoms with Crippen molar-refractivity contribution < 1.29 is 9.59 Å². The number of piperidine rings is 1. The zero-order chi connectivity index (χ0) is 21.5. The normalized spacial score (nSPS) is 14.8. The fourth-order valence-electron chi connectivity index (χ4n) is 3.77. The highest BCUT2D eigenvalue weighted by Crippen LogP contribution is 2.12. The number of carbonyl (C=O) groups excluding carboxylic acids is 2. The first-order valence-corrected chi connectivity index (χ1v) is 10.6. The fourth-order valence-corrected chi connectivity index (χ4v) is 3.77. The number of likely N-dealkylation sites (tertiary alicyclic amines) is 1. The molecule has 1 aliphatic rings. The zero-order valence-electron chi connectivity index (χ0n) is 17.4. The van der Waals surface area contributed by atoms with Gasteiger partial charge in [-0.1, -0.05) is 48.5 Å². The summed E-state index contributed by atoms with van der Waals surface area (Å²) >= 11 is 0. The number of hydrogen-bond acceptors (Lipinski definition) is 4. The zero-order valence-corrected chi connectivity index (χ0v) is 17.4. The molecule has 160 valence electrons. The maximum Gasteiger partial charge on any atom is 0.254 e. The summed E-state index contributed by atoms with van der Waals surface area (Å²) < 4.78 is 1.78. The molecule has 0 unspecified atom stereocenters. The second-order valence-electron chi connectivity index (χ2n) is 7.85. The van der Waals surface area contributed by atoms with Gasteiger partial charge in [0, 0.05) is 31.0 Å². The van der Waals surface area contributed by atoms with Gasteiger partial charge in [-0.25, -0.2) is 0 Å². The molecule has 0 atom stereocenters. The molecule has 0 saturated carbocycles. The predicted molar refractivity (Wildman–Crippen MR) is 120 cm³/mol. The molecule has 7 nitrogen and oxygen atoms in total. The quantitative estimate of drug-likeness (QED) is 0.620. The van der Waals surface area contributed by atoms with Crippen LogP contribution in [0, 0.1) is 0 Å². The first-order chi connectivity index (χ1) is 15.2. The molecule has 0 radical (unpaired) electrons. The minimum atomic E-state index is -0.0976. The van der Waals surface area contributed by atoms with Gasteiger partial charge >= 0.3 is 0 Å². The molecule has 7 heteroatoms. The average molecular weight is 418 g/mol. The molecule has 1 aromatic heterocycles. The van der Waals surface area contributed by atoms with Gasteiger partial charge in [0.2, 0.25) is 5.91 Å². The minimum Gasteiger partial charge on any atom is -0.349 e. The number of carbonyl (C=O) groups is 2. The van der Waals surface area contributed by atoms with E-state index < -0.39 is 0 Å². The van der Waals surface area contributed by atoms with Gasteiger partial charge in [0.1, 0.15) is 0 Å². The molecule has 2 amide bonds. The molecule has 31 heavy (non-hydrogen) atoms. The van der Waals surface area contributed by atoms with Gasteiger partial charge in [-0.2, -0.15) is 5.10 Å². The Hall–Kier alpha value is -3.45. The van der Waals surface area contributed by atoms with Crippen LogP contribution in [0.2, 0.25) is 0 Å². The van der Waals surface area contributed by atoms with Crippen LogP contribution in [-0.2, 0) is 11.3 Å². The highest BCUT2D eigenvalue weighted by Gasteiger charge is 2.23. The molecule has 2 heterocycles. The first kappa shape index (κ1) is 20.8. The van der Waals surface area contributed by atoms with Crippen LogP contribution in [0.15, 0.2) is 73.1 Å². The van der Waals surface area contributed by atoms with Gasteiger partial charge in [-0.3, -0.25) is 19.2 Å². The minimum absolute atomic E-state index is 0.0143. The molecule has 0 aliphatic carbocycles. The molecule has 3 aromatic rings. The molecular weight excluding hydrogens is 390 g/mol. The Morgan fingerprint density at radius 1 is 0.968 bits per heavy atom. The SMILES string of the molecule is O=C(CN1CCC(NC(=O)c2cnn(Cc3ccccc3)c2)CC1)Nc1ccccc1. The van der Waals surface area contributed by atoms with Gasteiger partial charge in [0.05, 0.1) is 24.8 Å². The van der Waals surface area contributed by atoms with Crippen molar-refractivity contribution in [3.8, 4) is 0 Å². The van der Waals surface area contributed by atoms with Crippen LogP contribution in [0.25, 0.3) is 0 Å². The summed E-state index contributed by atoms with van der Waals surface area (Å²) in [5.41, 5.74) is 2.52. The lowest BCUT2D eigenvalue weighted by atomic mass is 10.0. The van der Waals surface area contributed by atoms with E-state index in [1.54, 1.807) is 17.1 Å². The van der Waals surface area contributed by atoms with Crippen LogP contribution in [0.5, 0.6) is 0 Å². The van der Waals surface area contributed by atoms with Crippen LogP contribution in [0.4, 0.5) is 5.69 Å². The van der Waals surface area contributed by atoms with Crippen molar-refractivity contribution in [3.05, 3.63) is 84.2 Å². The maximum atomic E-state index is 12.6. The number of aromatic nitrogens is 2. The van der Waals surface area contributed by atoms with Crippen molar-refractivity contribution in [2.75, 3.05) is 25.0 Å². The summed E-state index contributed by atoms with van der Waals surface area (Å²) in [5, 5.41) is 10.3. The van der Waals surface area contributed by atoms with E-state index in [0.29, 0.717) is 18.7 Å². The number of benzene rings is 2. The number of nitrogens with zero attached hydrogens (tertiary/aromatic N) is 3. The van der Waals surface area contributed by atoms with E-state index in [4.69, 9.17) is 0 Å². The number of amides is 2. The van der Waals surface area contributed by atoms with Gasteiger partial charge in [-0.15, -0.1) is 0 Å². The third kappa shape index (κ3) is 6.02. The molecule has 1 fully saturated rings. The standard InChI is InChI=1S/C24H27N5O2/c30-23(26-21-9-5-2-6-10-21)18-28-13-11-22(12-14-28)27-24(31)20-15-25-29(17-20)16-19-7-3-1-4-8-19/h1-10,15,17,22H,11-14,16,18H2,(H,26,30)(H,27,31). The third-order valence-electron chi connectivity index (χ3n) is 5.43. The van der Waals surface area contributed by atoms with E-state index in [1.807, 2.05) is 60.7 Å². The van der Waals surface area contributed by atoms with Crippen LogP contribution in [0.1, 0.15) is 28.8 Å². The smallest absolute Gasteiger partial charge is 0.254 e. The Morgan fingerprint density at radius 2 is 1.65 bits per heavy atom. The molecule has 1 saturated heterocycles. The number of anilines is 1. The summed E-state index contributed by atoms with van der Waals surface area (Å²) in [6.07, 6.45) is 5.04. The van der Waals surface area contributed by atoms with E-state index in [2.05, 4.69) is 20.6 Å². The molecular formula is C24H27N5O2. The Labute approximate surface area is 182 Å². The van der Waals surface area contributed by atoms with Crippen LogP contribution in [0.3, 0.4) is 0 Å². The van der Waals surface area contributed by atoms with Gasteiger partial charge < -0.3 is 10.6 Å². The van der Waals surface area contributed by atoms with Crippen molar-refractivity contribution in [1.82, 2.24) is 20.0 Å². The van der Waals surface area contributed by atoms with Crippen molar-refractivity contribution in [2.24, 2.45) is 0 Å². The van der Waals surface area contributed by atoms with E-state index in [0.717, 1.165) is 37.2 Å². The lowest BCUT2D eigenvalue weighted by Crippen LogP contribution is -2.46. The van der Waals surface area contributed by atoms with Gasteiger partial charge in [0.15, 0.2) is 0 Å². The molecule has 4 rings (SSSR count). The van der Waals surface area contributed by atoms with Crippen molar-refractivity contribution >= 4 is 17.5 Å². The molecule has 0 spiro atoms. The first-order valence-electron chi connectivity index (χ1n) is 10.6. The van der Waals surface area contributed by atoms with E-state index in [1.165, 1.54) is 0 Å². The van der Waals surface area contributed by atoms with Crippen molar-refractivity contribution in [1.29, 1.82) is 0 Å². The molecule has 2 N–H and O–H groups in total. The summed E-state index contributed by atoms with van der Waals surface area (Å²) in [6.45, 7) is 2.56. The summed E-state index contributed by atoms with van der Waals surface area (Å²) in [5.74, 6) is -0.112. The Balaban J connectivity index is 1.21. The van der Waals surface area contributed by atoms with Crippen LogP contribution < -0.4 is 10.6 Å². The number of hydrogen-bond donors (Lipinski definition) is 2. The predicted octanol–water partition coefficient (Wildman–Crippen LogP) is 2.76. The van der Waals surface area contributed by atoms with E-state index in [-0.39, 0.29) is 17.9 Å². The number of nitrogens with one attached hydrogen (secondary N) is 2. The molecule has 2 aromatic carbocycles. The Morgan fingerprint density at radius 3 is 2.35 bits per heavy atom. The maximum absolute atomic E-state index is 12.6. The highest BCUT2D eigenvalue weighted by atomic mass is 16.2. The number of para-hydroxylation sites is 1. The van der Waals surface area contributed by atoms with Gasteiger partial charge in [0.25, 0.3) is 5.91 Å². The second kappa shape index (κ2) is 10.0. The molecule has 0 bridgehead atoms. The topological polar surface area (TPSA) is 79.3 Å². The van der Waals surface area contributed by atoms with Gasteiger partial charge in [-0.05, 0) is 30.5 Å². The summed E-state index contributed by atoms with van der Waals surface area (Å²) in [7, 11) is 0. The van der Waals surface area contributed by atoms with Crippen molar-refractivity contribution in [2.45, 2.75) is 25.4 Å². The monoisotopic (exact) mass is 417 g/mol. The average Bonchev–Trinajstić information content (AvgIpc) is 3.25. The lowest BCUT2D eigenvalue weighted by molar-refractivity contribution is -0.117. The highest BCUT2D eigenvalue weighted by molar-refractivity contribution is 5.94. The second-order valence-corrected chi connectivity index (χ2v) is 7.85. The Bertz CT molecular complexity index is 995. The summed E-state index contributed by atoms with van der Waals surface area (Å²) in [4.78, 5) is 26.9. The lowest BCUT2D eigenvalue weighted by Gasteiger charge is -2.31.